The molecule has 10 aromatic rings. The second kappa shape index (κ2) is 44.8. The first-order chi connectivity index (χ1) is 57.8. The molecule has 0 radical (unpaired) electrons. The summed E-state index contributed by atoms with van der Waals surface area (Å²) in [6.07, 6.45) is -5.42. The van der Waals surface area contributed by atoms with Crippen molar-refractivity contribution in [2.24, 2.45) is 7.05 Å². The Labute approximate surface area is 696 Å². The summed E-state index contributed by atoms with van der Waals surface area (Å²) in [6.45, 7) is 4.38. The van der Waals surface area contributed by atoms with E-state index >= 15 is 0 Å². The number of carbonyl (C=O) groups excluding carboxylic acids is 1. The molecule has 0 aliphatic carbocycles. The Balaban J connectivity index is 0.00000178. The molecule has 0 unspecified atom stereocenters. The van der Waals surface area contributed by atoms with E-state index in [0.717, 1.165) is 69.5 Å². The number of ether oxygens (including phenoxy) is 15. The van der Waals surface area contributed by atoms with Crippen LogP contribution in [0.3, 0.4) is 0 Å². The van der Waals surface area contributed by atoms with E-state index in [1.807, 2.05) is 291 Å². The normalized spacial score (nSPS) is 23.8. The average molecular weight is 1680 g/mol. The van der Waals surface area contributed by atoms with Crippen LogP contribution in [0.1, 0.15) is 82.7 Å². The number of aromatic nitrogens is 2. The molecule has 0 amide bonds. The zero-order valence-electron chi connectivity index (χ0n) is 66.7. The Morgan fingerprint density at radius 2 is 0.664 bits per heavy atom. The van der Waals surface area contributed by atoms with Crippen LogP contribution >= 0.6 is 19.6 Å². The molecule has 0 bridgehead atoms. The number of carbonyl (C=O) groups is 1. The van der Waals surface area contributed by atoms with Crippen LogP contribution in [0.4, 0.5) is 25.2 Å². The Morgan fingerprint density at radius 1 is 0.370 bits per heavy atom. The second-order valence-electron chi connectivity index (χ2n) is 29.4. The van der Waals surface area contributed by atoms with Crippen LogP contribution in [0, 0.1) is 0 Å². The fourth-order valence-electron chi connectivity index (χ4n) is 14.2. The van der Waals surface area contributed by atoms with Gasteiger partial charge in [-0.25, -0.2) is 9.13 Å². The summed E-state index contributed by atoms with van der Waals surface area (Å²) in [5.74, 6) is 0.309. The standard InChI is InChI=1S/C93H105N2O16S.F6P/c1-3-112-93-90(106-64-77-50-30-12-31-51-77)87(103-61-74-44-24-9-25-45-74)84(80(109-93)67-99-81(96)52-32-13-33-53-95-55-54-94(2)68-95)111-92-89(105-63-76-48-28-11-29-49-76)86(102-60-73-42-22-8-23-43-73)83(79(108-92)66-98-57-70-36-16-5-17-37-70)110-91-88(104-62-75-46-26-10-27-47-75)85(101-59-72-40-20-7-21-41-72)82(100-58-71-38-18-6-19-39-71)78(107-91)65-97-56-69-34-14-4-15-35-69;1-7(2,3,4,5)6/h4-12,14-31,34-51,54-55,68,78-80,82-93H,3,13,32-33,52-53,56-67H2,1-2H3;/q+1;-1/t78-,79-,80-,82-,83-,84-,85+,86+,87+,88-,89-,90-,91+,92-,93+;/m1./s1. The molecule has 3 aliphatic rings. The van der Waals surface area contributed by atoms with Gasteiger partial charge < -0.3 is 71.1 Å². The number of hydrogen-bond donors (Lipinski definition) is 0. The minimum absolute atomic E-state index is 0.0587. The fraction of sp³-hybridized carbons (Fsp3) is 0.376. The number of halogens is 6. The first-order valence-corrected chi connectivity index (χ1v) is 43.3. The number of aryl methyl sites for hydroxylation is 2. The third-order valence-electron chi connectivity index (χ3n) is 20.0. The summed E-state index contributed by atoms with van der Waals surface area (Å²) >= 11 is 1.59. The van der Waals surface area contributed by atoms with Crippen molar-refractivity contribution in [2.75, 3.05) is 25.6 Å². The Hall–Kier alpha value is -8.54. The summed E-state index contributed by atoms with van der Waals surface area (Å²) in [5.41, 5.74) is 7.76. The molecule has 26 heteroatoms. The Bertz CT molecular complexity index is 4500. The van der Waals surface area contributed by atoms with E-state index in [9.17, 15) is 30.0 Å². The van der Waals surface area contributed by atoms with Crippen LogP contribution in [-0.2, 0) is 149 Å². The number of rotatable bonds is 43. The van der Waals surface area contributed by atoms with E-state index in [1.165, 1.54) is 0 Å². The third kappa shape index (κ3) is 30.5. The van der Waals surface area contributed by atoms with Crippen LogP contribution in [-0.4, -0.2) is 127 Å². The van der Waals surface area contributed by atoms with Crippen molar-refractivity contribution in [1.82, 2.24) is 4.57 Å². The Morgan fingerprint density at radius 3 is 1.00 bits per heavy atom. The minimum atomic E-state index is -10.7. The number of hydrogen-bond acceptors (Lipinski definition) is 17. The van der Waals surface area contributed by atoms with E-state index in [1.54, 1.807) is 11.8 Å². The van der Waals surface area contributed by atoms with Crippen molar-refractivity contribution < 1.29 is 106 Å². The van der Waals surface area contributed by atoms with Gasteiger partial charge in [0.25, 0.3) is 0 Å². The van der Waals surface area contributed by atoms with Gasteiger partial charge in [0.15, 0.2) is 12.6 Å². The molecule has 18 nitrogen and oxygen atoms in total. The van der Waals surface area contributed by atoms with Gasteiger partial charge in [-0.15, -0.1) is 11.8 Å². The Kier molecular flexibility index (Phi) is 33.8. The number of imidazole rings is 1. The van der Waals surface area contributed by atoms with Crippen LogP contribution < -0.4 is 4.57 Å². The van der Waals surface area contributed by atoms with Crippen molar-refractivity contribution >= 4 is 25.5 Å². The SMILES string of the molecule is CCS[C@@H]1O[C@H](COC(=O)CCCCCn2cc[n+](C)c2)[C@@H](O[C@H]2O[C@H](COCc3ccccc3)[C@@H](O[C@@H]3O[C@H](COCc4ccccc4)[C@@H](OCc4ccccc4)[C@H](OCc4ccccc4)[C@H]3OCc3ccccc3)[C@H](OCc3ccccc3)[C@H]2OCc2ccccc2)[C@H](OCc2ccccc2)[C@H]1OCc1ccccc1.F[P-](F)(F)(F)(F)F. The van der Waals surface area contributed by atoms with Crippen molar-refractivity contribution in [3.05, 3.63) is 342 Å². The van der Waals surface area contributed by atoms with Gasteiger partial charge in [0.1, 0.15) is 97.7 Å². The third-order valence-corrected chi connectivity index (χ3v) is 21.0. The predicted molar refractivity (Wildman–Crippen MR) is 440 cm³/mol. The molecule has 1 aromatic heterocycles. The van der Waals surface area contributed by atoms with Gasteiger partial charge >= 0.3 is 39.0 Å². The summed E-state index contributed by atoms with van der Waals surface area (Å²) in [4.78, 5) is 14.3. The van der Waals surface area contributed by atoms with Crippen molar-refractivity contribution in [3.63, 3.8) is 0 Å². The zero-order valence-corrected chi connectivity index (χ0v) is 68.4. The number of thioether (sulfide) groups is 1. The van der Waals surface area contributed by atoms with Crippen molar-refractivity contribution in [3.8, 4) is 0 Å². The number of unbranched alkanes of at least 4 members (excludes halogenated alkanes) is 2. The maximum atomic E-state index is 14.3. The topological polar surface area (TPSA) is 164 Å². The van der Waals surface area contributed by atoms with Crippen LogP contribution in [0.15, 0.2) is 292 Å². The first kappa shape index (κ1) is 89.7. The number of nitrogens with zero attached hydrogens (tertiary/aromatic N) is 2. The molecule has 0 spiro atoms. The molecule has 9 aromatic carbocycles. The molecular formula is C93H105F6N2O16PS. The first-order valence-electron chi connectivity index (χ1n) is 40.2. The maximum absolute atomic E-state index is 14.3. The number of esters is 1. The van der Waals surface area contributed by atoms with Crippen LogP contribution in [0.25, 0.3) is 0 Å². The monoisotopic (exact) mass is 1680 g/mol. The molecule has 0 saturated carbocycles. The van der Waals surface area contributed by atoms with Gasteiger partial charge in [-0.05, 0) is 75.1 Å². The summed E-state index contributed by atoms with van der Waals surface area (Å²) < 4.78 is 173. The van der Waals surface area contributed by atoms with Crippen LogP contribution in [0.5, 0.6) is 0 Å². The molecule has 3 saturated heterocycles. The molecule has 4 heterocycles. The van der Waals surface area contributed by atoms with Gasteiger partial charge in [0.05, 0.1) is 86.3 Å². The summed E-state index contributed by atoms with van der Waals surface area (Å²) in [7, 11) is -8.65. The molecule has 0 N–H and O–H groups in total. The van der Waals surface area contributed by atoms with Crippen molar-refractivity contribution in [1.29, 1.82) is 0 Å². The van der Waals surface area contributed by atoms with Gasteiger partial charge in [0.2, 0.25) is 6.33 Å². The summed E-state index contributed by atoms with van der Waals surface area (Å²) in [5, 5.41) is 0. The fourth-order valence-corrected chi connectivity index (χ4v) is 15.2. The molecule has 15 atom stereocenters. The van der Waals surface area contributed by atoms with E-state index in [2.05, 4.69) is 24.0 Å². The van der Waals surface area contributed by atoms with Gasteiger partial charge in [-0.2, -0.15) is 0 Å². The molecule has 636 valence electrons. The molecule has 13 rings (SSSR count). The number of benzene rings is 9. The van der Waals surface area contributed by atoms with E-state index in [4.69, 9.17) is 71.1 Å². The van der Waals surface area contributed by atoms with E-state index in [-0.39, 0.29) is 91.7 Å². The predicted octanol–water partition coefficient (Wildman–Crippen LogP) is 19.0. The van der Waals surface area contributed by atoms with Gasteiger partial charge in [0, 0.05) is 6.42 Å². The van der Waals surface area contributed by atoms with Crippen molar-refractivity contribution in [2.45, 2.75) is 190 Å². The van der Waals surface area contributed by atoms with E-state index in [0.29, 0.717) is 12.2 Å². The molecule has 3 aliphatic heterocycles. The molecular weight excluding hydrogens is 1580 g/mol. The summed E-state index contributed by atoms with van der Waals surface area (Å²) in [6, 6.07) is 90.2. The second-order valence-corrected chi connectivity index (χ2v) is 32.7. The molecule has 3 fully saturated rings. The van der Waals surface area contributed by atoms with Gasteiger partial charge in [-0.1, -0.05) is 280 Å². The van der Waals surface area contributed by atoms with Crippen LogP contribution in [0.2, 0.25) is 0 Å². The zero-order chi connectivity index (χ0) is 83.0. The molecule has 119 heavy (non-hydrogen) atoms. The average Bonchev–Trinajstić information content (AvgIpc) is 1.06. The van der Waals surface area contributed by atoms with Gasteiger partial charge in [-0.3, -0.25) is 4.79 Å². The van der Waals surface area contributed by atoms with E-state index < -0.39 is 99.1 Å². The quantitative estimate of drug-likeness (QED) is 0.0116.